The lowest BCUT2D eigenvalue weighted by atomic mass is 10.1. The number of amides is 1. The van der Waals surface area contributed by atoms with Crippen molar-refractivity contribution in [2.45, 2.75) is 19.9 Å². The van der Waals surface area contributed by atoms with Crippen molar-refractivity contribution in [3.05, 3.63) is 64.2 Å². The Morgan fingerprint density at radius 3 is 2.38 bits per heavy atom. The van der Waals surface area contributed by atoms with Gasteiger partial charge in [0, 0.05) is 17.6 Å². The van der Waals surface area contributed by atoms with E-state index in [2.05, 4.69) is 0 Å². The fourth-order valence-corrected chi connectivity index (χ4v) is 2.21. The van der Waals surface area contributed by atoms with Gasteiger partial charge < -0.3 is 10.0 Å². The Morgan fingerprint density at radius 1 is 1.19 bits per heavy atom. The van der Waals surface area contributed by atoms with Gasteiger partial charge in [0.2, 0.25) is 0 Å². The highest BCUT2D eigenvalue weighted by molar-refractivity contribution is 6.30. The Kier molecular flexibility index (Phi) is 4.53. The van der Waals surface area contributed by atoms with Crippen molar-refractivity contribution < 1.29 is 9.90 Å². The molecular weight excluding hydrogens is 286 g/mol. The normalized spacial score (nSPS) is 12.0. The lowest BCUT2D eigenvalue weighted by Gasteiger charge is -2.25. The van der Waals surface area contributed by atoms with E-state index < -0.39 is 0 Å². The molecule has 0 saturated carbocycles. The average molecular weight is 304 g/mol. The molecule has 2 aromatic rings. The van der Waals surface area contributed by atoms with E-state index in [0.29, 0.717) is 10.6 Å². The molecule has 2 aromatic carbocycles. The Morgan fingerprint density at radius 2 is 1.81 bits per heavy atom. The molecule has 2 rings (SSSR count). The van der Waals surface area contributed by atoms with Gasteiger partial charge in [0.05, 0.1) is 6.04 Å². The largest absolute Gasteiger partial charge is 0.508 e. The molecule has 0 aliphatic carbocycles. The summed E-state index contributed by atoms with van der Waals surface area (Å²) < 4.78 is 0. The summed E-state index contributed by atoms with van der Waals surface area (Å²) in [6, 6.07) is 12.3. The van der Waals surface area contributed by atoms with Crippen molar-refractivity contribution >= 4 is 17.5 Å². The minimum Gasteiger partial charge on any atom is -0.508 e. The molecule has 0 spiro atoms. The van der Waals surface area contributed by atoms with Crippen LogP contribution < -0.4 is 0 Å². The van der Waals surface area contributed by atoms with Crippen LogP contribution in [0.15, 0.2) is 42.5 Å². The topological polar surface area (TPSA) is 40.5 Å². The van der Waals surface area contributed by atoms with Crippen molar-refractivity contribution in [3.63, 3.8) is 0 Å². The SMILES string of the molecule is Cc1ccc(C(=O)N(C)C(C)c2ccc(Cl)cc2)cc1O. The molecular formula is C17H18ClNO2. The minimum absolute atomic E-state index is 0.0850. The molecule has 1 amide bonds. The fourth-order valence-electron chi connectivity index (χ4n) is 2.09. The van der Waals surface area contributed by atoms with Gasteiger partial charge in [0.15, 0.2) is 0 Å². The molecule has 1 unspecified atom stereocenters. The number of phenolic OH excluding ortho intramolecular Hbond substituents is 1. The van der Waals surface area contributed by atoms with Crippen molar-refractivity contribution in [2.75, 3.05) is 7.05 Å². The molecule has 0 bridgehead atoms. The fraction of sp³-hybridized carbons (Fsp3) is 0.235. The van der Waals surface area contributed by atoms with E-state index in [-0.39, 0.29) is 17.7 Å². The number of phenols is 1. The van der Waals surface area contributed by atoms with Crippen LogP contribution >= 0.6 is 11.6 Å². The molecule has 0 radical (unpaired) electrons. The Balaban J connectivity index is 2.21. The van der Waals surface area contributed by atoms with Crippen LogP contribution in [-0.4, -0.2) is 23.0 Å². The van der Waals surface area contributed by atoms with Crippen molar-refractivity contribution in [1.29, 1.82) is 0 Å². The molecule has 0 aliphatic heterocycles. The number of benzene rings is 2. The summed E-state index contributed by atoms with van der Waals surface area (Å²) in [4.78, 5) is 14.1. The quantitative estimate of drug-likeness (QED) is 0.923. The smallest absolute Gasteiger partial charge is 0.254 e. The number of aryl methyl sites for hydroxylation is 1. The standard InChI is InChI=1S/C17H18ClNO2/c1-11-4-5-14(10-16(11)20)17(21)19(3)12(2)13-6-8-15(18)9-7-13/h4-10,12,20H,1-3H3. The van der Waals surface area contributed by atoms with Gasteiger partial charge in [0.1, 0.15) is 5.75 Å². The highest BCUT2D eigenvalue weighted by Crippen LogP contribution is 2.24. The predicted octanol–water partition coefficient (Wildman–Crippen LogP) is 4.19. The van der Waals surface area contributed by atoms with Crippen LogP contribution in [0.2, 0.25) is 5.02 Å². The molecule has 0 fully saturated rings. The maximum absolute atomic E-state index is 12.5. The molecule has 3 nitrogen and oxygen atoms in total. The van der Waals surface area contributed by atoms with Gasteiger partial charge in [-0.1, -0.05) is 29.8 Å². The Bertz CT molecular complexity index is 652. The summed E-state index contributed by atoms with van der Waals surface area (Å²) >= 11 is 5.88. The lowest BCUT2D eigenvalue weighted by molar-refractivity contribution is 0.0742. The van der Waals surface area contributed by atoms with Crippen LogP contribution in [0.3, 0.4) is 0 Å². The van der Waals surface area contributed by atoms with Gasteiger partial charge in [-0.25, -0.2) is 0 Å². The van der Waals surface area contributed by atoms with E-state index in [0.717, 1.165) is 11.1 Å². The molecule has 0 aromatic heterocycles. The third kappa shape index (κ3) is 3.37. The second-order valence-corrected chi connectivity index (χ2v) is 5.58. The number of rotatable bonds is 3. The van der Waals surface area contributed by atoms with Crippen LogP contribution in [0.1, 0.15) is 34.5 Å². The van der Waals surface area contributed by atoms with Crippen molar-refractivity contribution in [2.24, 2.45) is 0 Å². The molecule has 1 atom stereocenters. The predicted molar refractivity (Wildman–Crippen MR) is 84.8 cm³/mol. The van der Waals surface area contributed by atoms with Crippen LogP contribution in [0.25, 0.3) is 0 Å². The molecule has 21 heavy (non-hydrogen) atoms. The van der Waals surface area contributed by atoms with E-state index in [1.54, 1.807) is 31.0 Å². The summed E-state index contributed by atoms with van der Waals surface area (Å²) in [5, 5.41) is 10.4. The van der Waals surface area contributed by atoms with Crippen LogP contribution in [0.5, 0.6) is 5.75 Å². The maximum Gasteiger partial charge on any atom is 0.254 e. The molecule has 4 heteroatoms. The zero-order valence-electron chi connectivity index (χ0n) is 12.3. The summed E-state index contributed by atoms with van der Waals surface area (Å²) in [5.41, 5.74) is 2.23. The van der Waals surface area contributed by atoms with E-state index in [9.17, 15) is 9.90 Å². The number of carbonyl (C=O) groups is 1. The number of aromatic hydroxyl groups is 1. The Hall–Kier alpha value is -2.00. The molecule has 1 N–H and O–H groups in total. The molecule has 0 saturated heterocycles. The summed E-state index contributed by atoms with van der Waals surface area (Å²) in [6.45, 7) is 3.75. The van der Waals surface area contributed by atoms with E-state index in [1.165, 1.54) is 6.07 Å². The molecule has 110 valence electrons. The summed E-state index contributed by atoms with van der Waals surface area (Å²) in [7, 11) is 1.75. The third-order valence-electron chi connectivity index (χ3n) is 3.71. The highest BCUT2D eigenvalue weighted by atomic mass is 35.5. The summed E-state index contributed by atoms with van der Waals surface area (Å²) in [5.74, 6) is 0.00106. The van der Waals surface area contributed by atoms with Crippen molar-refractivity contribution in [3.8, 4) is 5.75 Å². The summed E-state index contributed by atoms with van der Waals surface area (Å²) in [6.07, 6.45) is 0. The van der Waals surface area contributed by atoms with Gasteiger partial charge in [-0.05, 0) is 49.2 Å². The number of halogens is 1. The number of hydrogen-bond acceptors (Lipinski definition) is 2. The highest BCUT2D eigenvalue weighted by Gasteiger charge is 2.19. The zero-order valence-corrected chi connectivity index (χ0v) is 13.1. The van der Waals surface area contributed by atoms with E-state index >= 15 is 0 Å². The van der Waals surface area contributed by atoms with E-state index in [4.69, 9.17) is 11.6 Å². The van der Waals surface area contributed by atoms with Crippen LogP contribution in [0, 0.1) is 6.92 Å². The Labute approximate surface area is 129 Å². The second kappa shape index (κ2) is 6.19. The molecule has 0 aliphatic rings. The molecule has 0 heterocycles. The number of carbonyl (C=O) groups excluding carboxylic acids is 1. The first-order valence-electron chi connectivity index (χ1n) is 6.72. The van der Waals surface area contributed by atoms with Gasteiger partial charge >= 0.3 is 0 Å². The van der Waals surface area contributed by atoms with Gasteiger partial charge in [-0.15, -0.1) is 0 Å². The van der Waals surface area contributed by atoms with Crippen molar-refractivity contribution in [1.82, 2.24) is 4.90 Å². The maximum atomic E-state index is 12.5. The zero-order chi connectivity index (χ0) is 15.6. The minimum atomic E-state index is -0.132. The van der Waals surface area contributed by atoms with Gasteiger partial charge in [-0.2, -0.15) is 0 Å². The first-order chi connectivity index (χ1) is 9.90. The average Bonchev–Trinajstić information content (AvgIpc) is 2.48. The first kappa shape index (κ1) is 15.4. The van der Waals surface area contributed by atoms with E-state index in [1.807, 2.05) is 31.2 Å². The van der Waals surface area contributed by atoms with Gasteiger partial charge in [-0.3, -0.25) is 4.79 Å². The van der Waals surface area contributed by atoms with Crippen LogP contribution in [0.4, 0.5) is 0 Å². The monoisotopic (exact) mass is 303 g/mol. The number of nitrogens with zero attached hydrogens (tertiary/aromatic N) is 1. The number of hydrogen-bond donors (Lipinski definition) is 1. The first-order valence-corrected chi connectivity index (χ1v) is 7.10. The lowest BCUT2D eigenvalue weighted by Crippen LogP contribution is -2.29. The third-order valence-corrected chi connectivity index (χ3v) is 3.96. The second-order valence-electron chi connectivity index (χ2n) is 5.14. The van der Waals surface area contributed by atoms with Gasteiger partial charge in [0.25, 0.3) is 5.91 Å². The van der Waals surface area contributed by atoms with Crippen LogP contribution in [-0.2, 0) is 0 Å².